The minimum Gasteiger partial charge on any atom is -0.497 e. The lowest BCUT2D eigenvalue weighted by molar-refractivity contribution is -0.142. The van der Waals surface area contributed by atoms with Gasteiger partial charge in [-0.25, -0.2) is 0 Å². The van der Waals surface area contributed by atoms with E-state index in [1.165, 1.54) is 6.42 Å². The first-order valence-electron chi connectivity index (χ1n) is 14.0. The smallest absolute Gasteiger partial charge is 0.246 e. The number of fused-ring (bicyclic) bond motifs is 1. The molecule has 2 bridgehead atoms. The Labute approximate surface area is 239 Å². The summed E-state index contributed by atoms with van der Waals surface area (Å²) >= 11 is 6.28. The summed E-state index contributed by atoms with van der Waals surface area (Å²) in [5.41, 5.74) is 1.06. The topological polar surface area (TPSA) is 97.0 Å². The van der Waals surface area contributed by atoms with Gasteiger partial charge < -0.3 is 25.0 Å². The number of likely N-dealkylation sites (tertiary alicyclic amines) is 1. The summed E-state index contributed by atoms with van der Waals surface area (Å²) in [6.07, 6.45) is 8.21. The van der Waals surface area contributed by atoms with Gasteiger partial charge in [0.15, 0.2) is 0 Å². The highest BCUT2D eigenvalue weighted by molar-refractivity contribution is 6.31. The van der Waals surface area contributed by atoms with Crippen molar-refractivity contribution in [2.75, 3.05) is 12.4 Å². The normalized spacial score (nSPS) is 29.0. The Hall–Kier alpha value is -3.36. The molecule has 8 nitrogen and oxygen atoms in total. The van der Waals surface area contributed by atoms with E-state index in [9.17, 15) is 14.4 Å². The van der Waals surface area contributed by atoms with Gasteiger partial charge in [-0.1, -0.05) is 61.2 Å². The highest BCUT2D eigenvalue weighted by Crippen LogP contribution is 2.55. The van der Waals surface area contributed by atoms with Crippen molar-refractivity contribution in [2.45, 2.75) is 69.4 Å². The first kappa shape index (κ1) is 26.8. The molecule has 1 aliphatic carbocycles. The van der Waals surface area contributed by atoms with Gasteiger partial charge in [-0.2, -0.15) is 0 Å². The van der Waals surface area contributed by atoms with Crippen LogP contribution in [0.4, 0.5) is 5.69 Å². The third-order valence-corrected chi connectivity index (χ3v) is 9.21. The molecule has 3 fully saturated rings. The first-order valence-corrected chi connectivity index (χ1v) is 14.4. The first-order chi connectivity index (χ1) is 19.3. The van der Waals surface area contributed by atoms with Crippen LogP contribution in [-0.4, -0.2) is 53.5 Å². The fourth-order valence-corrected chi connectivity index (χ4v) is 7.01. The molecular weight excluding hydrogens is 530 g/mol. The SMILES string of the molecule is COc1cccc(CN2C(=O)[C@H]3[C@@H](C(=O)Nc4ccc(C)c(Cl)c4)[C@H]4C=C[C@@]3(O4)[C@H]2C(=O)NC2CCCCC2)c1. The lowest BCUT2D eigenvalue weighted by atomic mass is 9.74. The van der Waals surface area contributed by atoms with Crippen LogP contribution in [0, 0.1) is 18.8 Å². The molecule has 0 aromatic heterocycles. The van der Waals surface area contributed by atoms with Crippen molar-refractivity contribution in [2.24, 2.45) is 11.8 Å². The molecule has 1 saturated carbocycles. The molecule has 0 unspecified atom stereocenters. The zero-order valence-electron chi connectivity index (χ0n) is 22.7. The van der Waals surface area contributed by atoms with Crippen molar-refractivity contribution in [3.63, 3.8) is 0 Å². The van der Waals surface area contributed by atoms with Crippen LogP contribution in [0.25, 0.3) is 0 Å². The highest BCUT2D eigenvalue weighted by atomic mass is 35.5. The summed E-state index contributed by atoms with van der Waals surface area (Å²) in [6, 6.07) is 11.9. The average Bonchev–Trinajstić information content (AvgIpc) is 3.59. The zero-order valence-corrected chi connectivity index (χ0v) is 23.4. The fourth-order valence-electron chi connectivity index (χ4n) is 6.83. The molecule has 3 aliphatic heterocycles. The number of benzene rings is 2. The number of nitrogens with one attached hydrogen (secondary N) is 2. The van der Waals surface area contributed by atoms with Crippen LogP contribution in [0.3, 0.4) is 0 Å². The highest BCUT2D eigenvalue weighted by Gasteiger charge is 2.72. The van der Waals surface area contributed by atoms with Gasteiger partial charge in [0, 0.05) is 23.3 Å². The molecule has 4 aliphatic rings. The van der Waals surface area contributed by atoms with Gasteiger partial charge in [0.2, 0.25) is 17.7 Å². The van der Waals surface area contributed by atoms with Crippen molar-refractivity contribution < 1.29 is 23.9 Å². The maximum atomic E-state index is 14.2. The molecule has 210 valence electrons. The van der Waals surface area contributed by atoms with Gasteiger partial charge in [-0.3, -0.25) is 14.4 Å². The number of halogens is 1. The predicted molar refractivity (Wildman–Crippen MR) is 151 cm³/mol. The maximum absolute atomic E-state index is 14.2. The third-order valence-electron chi connectivity index (χ3n) is 8.80. The Morgan fingerprint density at radius 3 is 2.67 bits per heavy atom. The second-order valence-electron chi connectivity index (χ2n) is 11.3. The van der Waals surface area contributed by atoms with Crippen molar-refractivity contribution >= 4 is 35.0 Å². The monoisotopic (exact) mass is 563 g/mol. The molecule has 40 heavy (non-hydrogen) atoms. The molecule has 0 radical (unpaired) electrons. The Morgan fingerprint density at radius 1 is 1.12 bits per heavy atom. The summed E-state index contributed by atoms with van der Waals surface area (Å²) in [6.45, 7) is 2.08. The number of rotatable bonds is 7. The molecule has 9 heteroatoms. The second kappa shape index (κ2) is 10.6. The molecule has 3 amide bonds. The fraction of sp³-hybridized carbons (Fsp3) is 0.452. The standard InChI is InChI=1S/C31H34ClN3O5/c1-18-11-12-21(16-23(18)32)34-28(36)25-24-13-14-31(40-24)26(25)30(38)35(17-19-7-6-10-22(15-19)39-2)27(31)29(37)33-20-8-4-3-5-9-20/h6-7,10-16,20,24-27H,3-5,8-9,17H2,1-2H3,(H,33,37)(H,34,36)/t24-,25+,26-,27-,31+/m1/s1. The summed E-state index contributed by atoms with van der Waals surface area (Å²) in [5.74, 6) is -1.77. The van der Waals surface area contributed by atoms with Crippen LogP contribution in [0.2, 0.25) is 5.02 Å². The number of methoxy groups -OCH3 is 1. The maximum Gasteiger partial charge on any atom is 0.246 e. The summed E-state index contributed by atoms with van der Waals surface area (Å²) in [7, 11) is 1.59. The number of anilines is 1. The van der Waals surface area contributed by atoms with Crippen molar-refractivity contribution in [1.82, 2.24) is 10.2 Å². The Kier molecular flexibility index (Phi) is 7.09. The van der Waals surface area contributed by atoms with E-state index in [2.05, 4.69) is 10.6 Å². The molecule has 2 N–H and O–H groups in total. The predicted octanol–water partition coefficient (Wildman–Crippen LogP) is 4.40. The number of hydrogen-bond acceptors (Lipinski definition) is 5. The number of aryl methyl sites for hydroxylation is 1. The minimum atomic E-state index is -1.22. The van der Waals surface area contributed by atoms with Gasteiger partial charge in [0.1, 0.15) is 17.4 Å². The number of hydrogen-bond donors (Lipinski definition) is 2. The Morgan fingerprint density at radius 2 is 1.93 bits per heavy atom. The largest absolute Gasteiger partial charge is 0.497 e. The van der Waals surface area contributed by atoms with E-state index in [4.69, 9.17) is 21.1 Å². The van der Waals surface area contributed by atoms with Crippen LogP contribution in [0.5, 0.6) is 5.75 Å². The molecule has 6 rings (SSSR count). The molecule has 5 atom stereocenters. The summed E-state index contributed by atoms with van der Waals surface area (Å²) < 4.78 is 11.8. The van der Waals surface area contributed by atoms with Gasteiger partial charge in [-0.15, -0.1) is 0 Å². The van der Waals surface area contributed by atoms with Gasteiger partial charge in [0.25, 0.3) is 0 Å². The molecule has 2 saturated heterocycles. The Balaban J connectivity index is 1.32. The lowest BCUT2D eigenvalue weighted by Crippen LogP contribution is -2.56. The van der Waals surface area contributed by atoms with Crippen molar-refractivity contribution in [1.29, 1.82) is 0 Å². The molecule has 2 aromatic rings. The van der Waals surface area contributed by atoms with Gasteiger partial charge >= 0.3 is 0 Å². The minimum absolute atomic E-state index is 0.0680. The molecule has 1 spiro atoms. The van der Waals surface area contributed by atoms with Gasteiger partial charge in [0.05, 0.1) is 25.0 Å². The van der Waals surface area contributed by atoms with E-state index < -0.39 is 29.6 Å². The quantitative estimate of drug-likeness (QED) is 0.487. The van der Waals surface area contributed by atoms with E-state index in [1.807, 2.05) is 49.4 Å². The van der Waals surface area contributed by atoms with E-state index in [0.29, 0.717) is 16.5 Å². The lowest BCUT2D eigenvalue weighted by Gasteiger charge is -2.34. The Bertz CT molecular complexity index is 1370. The van der Waals surface area contributed by atoms with Crippen LogP contribution in [0.1, 0.15) is 43.2 Å². The van der Waals surface area contributed by atoms with Crippen molar-refractivity contribution in [3.8, 4) is 5.75 Å². The van der Waals surface area contributed by atoms with E-state index in [1.54, 1.807) is 24.1 Å². The van der Waals surface area contributed by atoms with Crippen LogP contribution >= 0.6 is 11.6 Å². The zero-order chi connectivity index (χ0) is 28.0. The average molecular weight is 564 g/mol. The summed E-state index contributed by atoms with van der Waals surface area (Å²) in [4.78, 5) is 43.5. The number of amides is 3. The van der Waals surface area contributed by atoms with E-state index in [-0.39, 0.29) is 30.3 Å². The number of carbonyl (C=O) groups excluding carboxylic acids is 3. The third kappa shape index (κ3) is 4.57. The number of ether oxygens (including phenoxy) is 2. The van der Waals surface area contributed by atoms with Crippen LogP contribution < -0.4 is 15.4 Å². The van der Waals surface area contributed by atoms with Crippen LogP contribution in [0.15, 0.2) is 54.6 Å². The van der Waals surface area contributed by atoms with Crippen molar-refractivity contribution in [3.05, 3.63) is 70.8 Å². The number of nitrogens with zero attached hydrogens (tertiary/aromatic N) is 1. The molecular formula is C31H34ClN3O5. The van der Waals surface area contributed by atoms with Crippen LogP contribution in [-0.2, 0) is 25.7 Å². The van der Waals surface area contributed by atoms with Gasteiger partial charge in [-0.05, 0) is 55.2 Å². The second-order valence-corrected chi connectivity index (χ2v) is 11.7. The van der Waals surface area contributed by atoms with E-state index >= 15 is 0 Å². The summed E-state index contributed by atoms with van der Waals surface area (Å²) in [5, 5.41) is 6.69. The molecule has 2 aromatic carbocycles. The number of carbonyl (C=O) groups is 3. The van der Waals surface area contributed by atoms with E-state index in [0.717, 1.165) is 36.8 Å². The molecule has 3 heterocycles.